The second-order valence-corrected chi connectivity index (χ2v) is 6.79. The lowest BCUT2D eigenvalue weighted by atomic mass is 9.78. The van der Waals surface area contributed by atoms with E-state index in [1.165, 1.54) is 0 Å². The molecule has 4 rings (SSSR count). The average Bonchev–Trinajstić information content (AvgIpc) is 3.33. The largest absolute Gasteiger partial charge is 0.357 e. The van der Waals surface area contributed by atoms with Crippen LogP contribution in [0, 0.1) is 0 Å². The zero-order valence-corrected chi connectivity index (χ0v) is 14.4. The third-order valence-corrected chi connectivity index (χ3v) is 5.57. The first-order valence-electron chi connectivity index (χ1n) is 8.91. The molecule has 0 atom stereocenters. The maximum Gasteiger partial charge on any atom is 0.270 e. The maximum atomic E-state index is 12.6. The number of hydrogen-bond donors (Lipinski definition) is 2. The van der Waals surface area contributed by atoms with Crippen LogP contribution in [0.2, 0.25) is 0 Å². The number of nitrogens with one attached hydrogen (secondary N) is 2. The number of H-pyrrole nitrogens is 2. The fourth-order valence-corrected chi connectivity index (χ4v) is 4.25. The molecule has 4 heterocycles. The molecule has 25 heavy (non-hydrogen) atoms. The van der Waals surface area contributed by atoms with Crippen molar-refractivity contribution in [2.75, 3.05) is 19.6 Å². The van der Waals surface area contributed by atoms with Crippen LogP contribution < -0.4 is 0 Å². The Morgan fingerprint density at radius 3 is 2.72 bits per heavy atom. The van der Waals surface area contributed by atoms with Crippen LogP contribution in [-0.4, -0.2) is 56.2 Å². The van der Waals surface area contributed by atoms with Gasteiger partial charge >= 0.3 is 0 Å². The molecular weight excluding hydrogens is 318 g/mol. The van der Waals surface area contributed by atoms with Crippen LogP contribution in [-0.2, 0) is 16.8 Å². The predicted molar refractivity (Wildman–Crippen MR) is 91.9 cm³/mol. The van der Waals surface area contributed by atoms with E-state index in [1.807, 2.05) is 22.8 Å². The summed E-state index contributed by atoms with van der Waals surface area (Å²) in [5.41, 5.74) is 2.35. The summed E-state index contributed by atoms with van der Waals surface area (Å²) in [6.07, 6.45) is 6.24. The van der Waals surface area contributed by atoms with Crippen LogP contribution in [0.15, 0.2) is 24.7 Å². The summed E-state index contributed by atoms with van der Waals surface area (Å²) in [5.74, 6) is 0.184. The quantitative estimate of drug-likeness (QED) is 0.871. The molecule has 2 N–H and O–H groups in total. The van der Waals surface area contributed by atoms with Crippen molar-refractivity contribution in [1.29, 1.82) is 0 Å². The number of piperidine rings is 1. The van der Waals surface area contributed by atoms with Crippen LogP contribution in [0.4, 0.5) is 0 Å². The molecule has 1 spiro atoms. The molecule has 0 saturated carbocycles. The first kappa shape index (κ1) is 15.9. The lowest BCUT2D eigenvalue weighted by Gasteiger charge is -2.50. The fraction of sp³-hybridized carbons (Fsp3) is 0.500. The van der Waals surface area contributed by atoms with Crippen LogP contribution >= 0.6 is 0 Å². The molecule has 132 valence electrons. The van der Waals surface area contributed by atoms with Gasteiger partial charge in [-0.15, -0.1) is 0 Å². The van der Waals surface area contributed by atoms with Crippen molar-refractivity contribution in [2.45, 2.75) is 38.1 Å². The molecule has 0 bridgehead atoms. The Morgan fingerprint density at radius 1 is 1.24 bits per heavy atom. The van der Waals surface area contributed by atoms with Crippen LogP contribution in [0.3, 0.4) is 0 Å². The highest BCUT2D eigenvalue weighted by Gasteiger charge is 2.48. The molecule has 2 aromatic rings. The molecule has 7 heteroatoms. The van der Waals surface area contributed by atoms with E-state index in [1.54, 1.807) is 18.6 Å². The highest BCUT2D eigenvalue weighted by Crippen LogP contribution is 2.42. The summed E-state index contributed by atoms with van der Waals surface area (Å²) in [5, 5.41) is 0. The molecule has 0 aromatic carbocycles. The molecule has 0 radical (unpaired) electrons. The van der Waals surface area contributed by atoms with E-state index < -0.39 is 0 Å². The third kappa shape index (κ3) is 2.45. The van der Waals surface area contributed by atoms with E-state index in [9.17, 15) is 9.59 Å². The molecule has 1 fully saturated rings. The van der Waals surface area contributed by atoms with Gasteiger partial charge in [0.05, 0.1) is 17.6 Å². The van der Waals surface area contributed by atoms with Gasteiger partial charge in [-0.05, 0) is 25.0 Å². The monoisotopic (exact) mass is 341 g/mol. The standard InChI is InChI=1S/C18H23N5O2/c1-2-15(24)23-9-5-13-16(21-12-20-13)18(23)6-10-22(11-7-18)17(25)14-4-3-8-19-14/h3-4,8,12,19H,2,5-7,9-11H2,1H3,(H,20,21). The topological polar surface area (TPSA) is 85.1 Å². The van der Waals surface area contributed by atoms with Gasteiger partial charge in [-0.2, -0.15) is 0 Å². The minimum absolute atomic E-state index is 0.0197. The number of aromatic amines is 2. The SMILES string of the molecule is CCC(=O)N1CCc2[nH]cnc2C12CCN(C(=O)c1ccc[nH]1)CC2. The molecule has 2 aromatic heterocycles. The van der Waals surface area contributed by atoms with Gasteiger partial charge in [0.2, 0.25) is 5.91 Å². The van der Waals surface area contributed by atoms with E-state index in [-0.39, 0.29) is 17.4 Å². The number of aromatic nitrogens is 3. The zero-order chi connectivity index (χ0) is 17.4. The van der Waals surface area contributed by atoms with Gasteiger partial charge in [-0.3, -0.25) is 9.59 Å². The first-order valence-corrected chi connectivity index (χ1v) is 8.91. The van der Waals surface area contributed by atoms with Gasteiger partial charge in [-0.1, -0.05) is 6.92 Å². The van der Waals surface area contributed by atoms with Gasteiger partial charge in [0.1, 0.15) is 5.69 Å². The highest BCUT2D eigenvalue weighted by atomic mass is 16.2. The van der Waals surface area contributed by atoms with Crippen molar-refractivity contribution in [1.82, 2.24) is 24.8 Å². The second-order valence-electron chi connectivity index (χ2n) is 6.79. The second kappa shape index (κ2) is 6.06. The Kier molecular flexibility index (Phi) is 3.86. The normalized spacial score (nSPS) is 19.1. The summed E-state index contributed by atoms with van der Waals surface area (Å²) >= 11 is 0. The number of fused-ring (bicyclic) bond motifs is 2. The van der Waals surface area contributed by atoms with Gasteiger partial charge in [0.25, 0.3) is 5.91 Å². The number of hydrogen-bond acceptors (Lipinski definition) is 3. The number of nitrogens with zero attached hydrogens (tertiary/aromatic N) is 3. The Hall–Kier alpha value is -2.57. The number of likely N-dealkylation sites (tertiary alicyclic amines) is 1. The van der Waals surface area contributed by atoms with Crippen molar-refractivity contribution in [2.24, 2.45) is 0 Å². The Labute approximate surface area is 146 Å². The van der Waals surface area contributed by atoms with Gasteiger partial charge < -0.3 is 19.8 Å². The number of carbonyl (C=O) groups is 2. The van der Waals surface area contributed by atoms with Crippen LogP contribution in [0.25, 0.3) is 0 Å². The average molecular weight is 341 g/mol. The molecular formula is C18H23N5O2. The van der Waals surface area contributed by atoms with Crippen molar-refractivity contribution in [3.63, 3.8) is 0 Å². The van der Waals surface area contributed by atoms with E-state index >= 15 is 0 Å². The van der Waals surface area contributed by atoms with Gasteiger partial charge in [0.15, 0.2) is 0 Å². The first-order chi connectivity index (χ1) is 12.2. The Morgan fingerprint density at radius 2 is 2.04 bits per heavy atom. The Bertz CT molecular complexity index is 771. The minimum atomic E-state index is -0.382. The van der Waals surface area contributed by atoms with Crippen molar-refractivity contribution >= 4 is 11.8 Å². The van der Waals surface area contributed by atoms with Crippen molar-refractivity contribution in [3.8, 4) is 0 Å². The van der Waals surface area contributed by atoms with Gasteiger partial charge in [-0.25, -0.2) is 4.98 Å². The lowest BCUT2D eigenvalue weighted by Crippen LogP contribution is -2.58. The molecule has 2 aliphatic rings. The number of rotatable bonds is 2. The van der Waals surface area contributed by atoms with Crippen LogP contribution in [0.5, 0.6) is 0 Å². The smallest absolute Gasteiger partial charge is 0.270 e. The van der Waals surface area contributed by atoms with Crippen molar-refractivity contribution < 1.29 is 9.59 Å². The minimum Gasteiger partial charge on any atom is -0.357 e. The van der Waals surface area contributed by atoms with Crippen molar-refractivity contribution in [3.05, 3.63) is 41.7 Å². The van der Waals surface area contributed by atoms with E-state index in [0.717, 1.165) is 30.7 Å². The van der Waals surface area contributed by atoms with Crippen LogP contribution in [0.1, 0.15) is 48.1 Å². The Balaban J connectivity index is 1.60. The summed E-state index contributed by atoms with van der Waals surface area (Å²) in [6.45, 7) is 3.86. The maximum absolute atomic E-state index is 12.6. The van der Waals surface area contributed by atoms with E-state index in [4.69, 9.17) is 0 Å². The predicted octanol–water partition coefficient (Wildman–Crippen LogP) is 1.66. The number of amides is 2. The fourth-order valence-electron chi connectivity index (χ4n) is 4.25. The summed E-state index contributed by atoms with van der Waals surface area (Å²) in [4.78, 5) is 39.8. The van der Waals surface area contributed by atoms with E-state index in [0.29, 0.717) is 31.7 Å². The molecule has 1 saturated heterocycles. The molecule has 7 nitrogen and oxygen atoms in total. The zero-order valence-electron chi connectivity index (χ0n) is 14.4. The molecule has 2 amide bonds. The lowest BCUT2D eigenvalue weighted by molar-refractivity contribution is -0.141. The molecule has 0 unspecified atom stereocenters. The summed E-state index contributed by atoms with van der Waals surface area (Å²) in [7, 11) is 0. The van der Waals surface area contributed by atoms with Gasteiger partial charge in [0, 0.05) is 44.4 Å². The molecule has 2 aliphatic heterocycles. The highest BCUT2D eigenvalue weighted by molar-refractivity contribution is 5.92. The number of imidazole rings is 1. The summed E-state index contributed by atoms with van der Waals surface area (Å²) < 4.78 is 0. The third-order valence-electron chi connectivity index (χ3n) is 5.57. The van der Waals surface area contributed by atoms with E-state index in [2.05, 4.69) is 15.0 Å². The number of carbonyl (C=O) groups excluding carboxylic acids is 2. The summed E-state index contributed by atoms with van der Waals surface area (Å²) in [6, 6.07) is 3.63. The molecule has 0 aliphatic carbocycles.